The van der Waals surface area contributed by atoms with Crippen LogP contribution in [0.1, 0.15) is 36.7 Å². The van der Waals surface area contributed by atoms with Crippen LogP contribution in [0.4, 0.5) is 5.69 Å². The third kappa shape index (κ3) is 6.18. The van der Waals surface area contributed by atoms with Crippen LogP contribution in [-0.2, 0) is 0 Å². The van der Waals surface area contributed by atoms with Crippen molar-refractivity contribution in [3.63, 3.8) is 0 Å². The van der Waals surface area contributed by atoms with Crippen LogP contribution in [0.15, 0.2) is 41.5 Å². The minimum absolute atomic E-state index is 0.184. The first-order valence-corrected chi connectivity index (χ1v) is 9.00. The molecule has 2 rings (SSSR count). The Balaban J connectivity index is 2.16. The van der Waals surface area contributed by atoms with Gasteiger partial charge in [0.05, 0.1) is 35.7 Å². The van der Waals surface area contributed by atoms with E-state index in [0.29, 0.717) is 41.3 Å². The molecule has 0 aliphatic rings. The zero-order valence-corrected chi connectivity index (χ0v) is 16.3. The monoisotopic (exact) mass is 390 g/mol. The molecule has 0 fully saturated rings. The molecule has 0 aromatic heterocycles. The maximum Gasteiger partial charge on any atom is 0.335 e. The lowest BCUT2D eigenvalue weighted by atomic mass is 10.2. The summed E-state index contributed by atoms with van der Waals surface area (Å²) in [5.41, 5.74) is 4.28. The Labute approximate surface area is 163 Å². The first kappa shape index (κ1) is 20.6. The Morgan fingerprint density at radius 3 is 2.74 bits per heavy atom. The Bertz CT molecular complexity index is 822. The van der Waals surface area contributed by atoms with E-state index in [-0.39, 0.29) is 5.56 Å². The minimum atomic E-state index is -0.993. The molecule has 7 heteroatoms. The summed E-state index contributed by atoms with van der Waals surface area (Å²) in [6.45, 7) is 7.02. The number of hydrogen-bond acceptors (Lipinski definition) is 5. The van der Waals surface area contributed by atoms with E-state index >= 15 is 0 Å². The summed E-state index contributed by atoms with van der Waals surface area (Å²) in [4.78, 5) is 11.0. The van der Waals surface area contributed by atoms with Crippen molar-refractivity contribution in [2.45, 2.75) is 20.8 Å². The summed E-state index contributed by atoms with van der Waals surface area (Å²) in [5.74, 6) is 0.446. The average Bonchev–Trinajstić information content (AvgIpc) is 2.61. The smallest absolute Gasteiger partial charge is 0.335 e. The van der Waals surface area contributed by atoms with Gasteiger partial charge in [-0.2, -0.15) is 5.10 Å². The molecule has 27 heavy (non-hydrogen) atoms. The molecule has 2 aromatic carbocycles. The number of halogens is 1. The second kappa shape index (κ2) is 9.83. The Morgan fingerprint density at radius 2 is 2.07 bits per heavy atom. The van der Waals surface area contributed by atoms with Gasteiger partial charge in [0.15, 0.2) is 11.5 Å². The van der Waals surface area contributed by atoms with Gasteiger partial charge in [0.1, 0.15) is 0 Å². The number of nitrogens with zero attached hydrogens (tertiary/aromatic N) is 1. The maximum absolute atomic E-state index is 11.0. The fourth-order valence-corrected chi connectivity index (χ4v) is 2.49. The van der Waals surface area contributed by atoms with Crippen molar-refractivity contribution >= 4 is 29.5 Å². The number of hydrogen-bond donors (Lipinski definition) is 2. The number of aromatic carboxylic acids is 1. The highest BCUT2D eigenvalue weighted by Crippen LogP contribution is 2.36. The van der Waals surface area contributed by atoms with E-state index in [2.05, 4.69) is 24.4 Å². The van der Waals surface area contributed by atoms with Crippen molar-refractivity contribution in [1.29, 1.82) is 0 Å². The molecular weight excluding hydrogens is 368 g/mol. The fourth-order valence-electron chi connectivity index (χ4n) is 2.22. The van der Waals surface area contributed by atoms with Crippen LogP contribution in [0.5, 0.6) is 11.5 Å². The van der Waals surface area contributed by atoms with Crippen LogP contribution in [-0.4, -0.2) is 30.5 Å². The van der Waals surface area contributed by atoms with Crippen molar-refractivity contribution in [2.24, 2.45) is 11.0 Å². The zero-order chi connectivity index (χ0) is 19.8. The normalized spacial score (nSPS) is 11.0. The fraction of sp³-hybridized carbons (Fsp3) is 0.300. The van der Waals surface area contributed by atoms with Crippen LogP contribution in [0.25, 0.3) is 0 Å². The van der Waals surface area contributed by atoms with E-state index in [4.69, 9.17) is 26.2 Å². The number of benzene rings is 2. The SMILES string of the molecule is CCOc1cc(/C=N/Nc2cccc(C(=O)O)c2)cc(Cl)c1OCC(C)C. The lowest BCUT2D eigenvalue weighted by molar-refractivity contribution is 0.0697. The molecule has 0 amide bonds. The van der Waals surface area contributed by atoms with Crippen LogP contribution in [0.3, 0.4) is 0 Å². The van der Waals surface area contributed by atoms with Gasteiger partial charge < -0.3 is 14.6 Å². The van der Waals surface area contributed by atoms with Gasteiger partial charge >= 0.3 is 5.97 Å². The van der Waals surface area contributed by atoms with Gasteiger partial charge in [-0.25, -0.2) is 4.79 Å². The minimum Gasteiger partial charge on any atom is -0.490 e. The molecule has 0 aliphatic carbocycles. The summed E-state index contributed by atoms with van der Waals surface area (Å²) >= 11 is 6.35. The zero-order valence-electron chi connectivity index (χ0n) is 15.5. The predicted octanol–water partition coefficient (Wildman–Crippen LogP) is 4.92. The number of carboxylic acids is 1. The standard InChI is InChI=1S/C20H23ClN2O4/c1-4-26-18-9-14(8-17(21)19(18)27-12-13(2)3)11-22-23-16-7-5-6-15(10-16)20(24)25/h5-11,13,23H,4,12H2,1-3H3,(H,24,25)/b22-11+. The van der Waals surface area contributed by atoms with E-state index in [1.165, 1.54) is 12.1 Å². The highest BCUT2D eigenvalue weighted by molar-refractivity contribution is 6.32. The predicted molar refractivity (Wildman–Crippen MR) is 108 cm³/mol. The summed E-state index contributed by atoms with van der Waals surface area (Å²) in [6.07, 6.45) is 1.58. The molecule has 0 saturated carbocycles. The number of hydrazone groups is 1. The molecule has 0 bridgehead atoms. The molecule has 0 atom stereocenters. The summed E-state index contributed by atoms with van der Waals surface area (Å²) < 4.78 is 11.4. The van der Waals surface area contributed by atoms with Gasteiger partial charge in [0.25, 0.3) is 0 Å². The second-order valence-electron chi connectivity index (χ2n) is 6.22. The molecule has 0 aliphatic heterocycles. The number of nitrogens with one attached hydrogen (secondary N) is 1. The molecule has 0 radical (unpaired) electrons. The van der Waals surface area contributed by atoms with E-state index in [1.54, 1.807) is 30.5 Å². The third-order valence-electron chi connectivity index (χ3n) is 3.41. The summed E-state index contributed by atoms with van der Waals surface area (Å²) in [6, 6.07) is 9.92. The van der Waals surface area contributed by atoms with Gasteiger partial charge in [-0.1, -0.05) is 31.5 Å². The highest BCUT2D eigenvalue weighted by Gasteiger charge is 2.13. The molecule has 2 aromatic rings. The molecular formula is C20H23ClN2O4. The lowest BCUT2D eigenvalue weighted by Gasteiger charge is -2.15. The van der Waals surface area contributed by atoms with Gasteiger partial charge in [-0.05, 0) is 48.7 Å². The van der Waals surface area contributed by atoms with Crippen molar-refractivity contribution in [1.82, 2.24) is 0 Å². The molecule has 144 valence electrons. The van der Waals surface area contributed by atoms with Crippen molar-refractivity contribution in [3.8, 4) is 11.5 Å². The van der Waals surface area contributed by atoms with Crippen LogP contribution in [0, 0.1) is 5.92 Å². The van der Waals surface area contributed by atoms with Crippen molar-refractivity contribution < 1.29 is 19.4 Å². The third-order valence-corrected chi connectivity index (χ3v) is 3.69. The maximum atomic E-state index is 11.0. The first-order chi connectivity index (χ1) is 12.9. The summed E-state index contributed by atoms with van der Waals surface area (Å²) in [5, 5.41) is 13.6. The number of anilines is 1. The first-order valence-electron chi connectivity index (χ1n) is 8.62. The van der Waals surface area contributed by atoms with Crippen LogP contribution >= 0.6 is 11.6 Å². The van der Waals surface area contributed by atoms with Crippen molar-refractivity contribution in [3.05, 3.63) is 52.5 Å². The van der Waals surface area contributed by atoms with Crippen LogP contribution in [0.2, 0.25) is 5.02 Å². The van der Waals surface area contributed by atoms with Gasteiger partial charge in [0.2, 0.25) is 0 Å². The largest absolute Gasteiger partial charge is 0.490 e. The van der Waals surface area contributed by atoms with Crippen molar-refractivity contribution in [2.75, 3.05) is 18.6 Å². The number of carboxylic acid groups (broad SMARTS) is 1. The van der Waals surface area contributed by atoms with E-state index in [1.807, 2.05) is 6.92 Å². The Morgan fingerprint density at radius 1 is 1.30 bits per heavy atom. The van der Waals surface area contributed by atoms with Gasteiger partial charge in [-0.15, -0.1) is 0 Å². The molecule has 0 saturated heterocycles. The molecule has 6 nitrogen and oxygen atoms in total. The average molecular weight is 391 g/mol. The molecule has 0 spiro atoms. The molecule has 0 unspecified atom stereocenters. The van der Waals surface area contributed by atoms with E-state index < -0.39 is 5.97 Å². The van der Waals surface area contributed by atoms with E-state index in [9.17, 15) is 4.79 Å². The quantitative estimate of drug-likeness (QED) is 0.469. The Kier molecular flexibility index (Phi) is 7.49. The lowest BCUT2D eigenvalue weighted by Crippen LogP contribution is -2.07. The Hall–Kier alpha value is -2.73. The molecule has 0 heterocycles. The molecule has 2 N–H and O–H groups in total. The topological polar surface area (TPSA) is 80.2 Å². The number of ether oxygens (including phenoxy) is 2. The number of carbonyl (C=O) groups is 1. The second-order valence-corrected chi connectivity index (χ2v) is 6.63. The highest BCUT2D eigenvalue weighted by atomic mass is 35.5. The van der Waals surface area contributed by atoms with Gasteiger partial charge in [0, 0.05) is 0 Å². The number of rotatable bonds is 9. The van der Waals surface area contributed by atoms with E-state index in [0.717, 1.165) is 5.56 Å². The van der Waals surface area contributed by atoms with Gasteiger partial charge in [-0.3, -0.25) is 5.43 Å². The van der Waals surface area contributed by atoms with Crippen LogP contribution < -0.4 is 14.9 Å². The summed E-state index contributed by atoms with van der Waals surface area (Å²) in [7, 11) is 0.